The van der Waals surface area contributed by atoms with Gasteiger partial charge in [0.1, 0.15) is 10.8 Å². The topological polar surface area (TPSA) is 71.1 Å². The van der Waals surface area contributed by atoms with Gasteiger partial charge < -0.3 is 0 Å². The molecule has 0 aliphatic carbocycles. The molecule has 2 amide bonds. The number of nitrogens with one attached hydrogen (secondary N) is 2. The molecule has 0 bridgehead atoms. The summed E-state index contributed by atoms with van der Waals surface area (Å²) in [5, 5.41) is 0.217. The number of pyridine rings is 1. The zero-order chi connectivity index (χ0) is 14.4. The van der Waals surface area contributed by atoms with Gasteiger partial charge in [0.2, 0.25) is 5.91 Å². The fraction of sp³-hybridized carbons (Fsp3) is 0.308. The molecule has 1 aromatic heterocycles. The van der Waals surface area contributed by atoms with E-state index >= 15 is 0 Å². The molecule has 0 aromatic carbocycles. The van der Waals surface area contributed by atoms with E-state index in [4.69, 9.17) is 11.6 Å². The molecular formula is C13H16ClN3O2. The molecule has 0 aliphatic rings. The van der Waals surface area contributed by atoms with E-state index in [0.717, 1.165) is 5.57 Å². The summed E-state index contributed by atoms with van der Waals surface area (Å²) in [6, 6.07) is 4.67. The van der Waals surface area contributed by atoms with Gasteiger partial charge in [0.05, 0.1) is 0 Å². The molecule has 0 saturated heterocycles. The van der Waals surface area contributed by atoms with Gasteiger partial charge in [-0.2, -0.15) is 0 Å². The highest BCUT2D eigenvalue weighted by molar-refractivity contribution is 6.29. The van der Waals surface area contributed by atoms with Crippen LogP contribution in [-0.4, -0.2) is 16.8 Å². The van der Waals surface area contributed by atoms with Gasteiger partial charge in [-0.05, 0) is 25.5 Å². The predicted molar refractivity (Wildman–Crippen MR) is 73.5 cm³/mol. The molecule has 1 rings (SSSR count). The SMILES string of the molecule is C=C(C)CC(C)C(=O)NNC(=O)c1cccc(Cl)n1. The summed E-state index contributed by atoms with van der Waals surface area (Å²) in [6.07, 6.45) is 0.567. The number of nitrogens with zero attached hydrogens (tertiary/aromatic N) is 1. The summed E-state index contributed by atoms with van der Waals surface area (Å²) in [5.74, 6) is -1.05. The first-order chi connectivity index (χ1) is 8.90. The second-order valence-corrected chi connectivity index (χ2v) is 4.74. The van der Waals surface area contributed by atoms with Gasteiger partial charge >= 0.3 is 0 Å². The monoisotopic (exact) mass is 281 g/mol. The summed E-state index contributed by atoms with van der Waals surface area (Å²) in [4.78, 5) is 27.2. The van der Waals surface area contributed by atoms with Crippen molar-refractivity contribution < 1.29 is 9.59 Å². The van der Waals surface area contributed by atoms with Crippen molar-refractivity contribution in [2.45, 2.75) is 20.3 Å². The van der Waals surface area contributed by atoms with E-state index in [0.29, 0.717) is 6.42 Å². The van der Waals surface area contributed by atoms with Crippen LogP contribution in [0.5, 0.6) is 0 Å². The number of hydrogen-bond acceptors (Lipinski definition) is 3. The Balaban J connectivity index is 2.50. The molecule has 0 fully saturated rings. The Morgan fingerprint density at radius 1 is 1.42 bits per heavy atom. The van der Waals surface area contributed by atoms with E-state index in [1.165, 1.54) is 6.07 Å². The lowest BCUT2D eigenvalue weighted by Gasteiger charge is -2.12. The molecular weight excluding hydrogens is 266 g/mol. The van der Waals surface area contributed by atoms with Gasteiger partial charge in [-0.25, -0.2) is 4.98 Å². The van der Waals surface area contributed by atoms with Crippen molar-refractivity contribution in [3.63, 3.8) is 0 Å². The Kier molecular flexibility index (Phi) is 5.51. The molecule has 19 heavy (non-hydrogen) atoms. The van der Waals surface area contributed by atoms with E-state index in [2.05, 4.69) is 22.4 Å². The van der Waals surface area contributed by atoms with Crippen LogP contribution in [0.15, 0.2) is 30.4 Å². The second kappa shape index (κ2) is 6.89. The first-order valence-electron chi connectivity index (χ1n) is 5.77. The highest BCUT2D eigenvalue weighted by Crippen LogP contribution is 2.08. The minimum absolute atomic E-state index is 0.139. The number of hydrazine groups is 1. The van der Waals surface area contributed by atoms with Crippen LogP contribution < -0.4 is 10.9 Å². The number of carbonyl (C=O) groups is 2. The number of halogens is 1. The van der Waals surface area contributed by atoms with Gasteiger partial charge in [0.15, 0.2) is 0 Å². The summed E-state index contributed by atoms with van der Waals surface area (Å²) < 4.78 is 0. The molecule has 1 heterocycles. The van der Waals surface area contributed by atoms with Crippen molar-refractivity contribution in [3.8, 4) is 0 Å². The van der Waals surface area contributed by atoms with Crippen molar-refractivity contribution in [3.05, 3.63) is 41.2 Å². The predicted octanol–water partition coefficient (Wildman–Crippen LogP) is 2.10. The van der Waals surface area contributed by atoms with Crippen LogP contribution in [-0.2, 0) is 4.79 Å². The maximum absolute atomic E-state index is 11.7. The molecule has 102 valence electrons. The molecule has 1 unspecified atom stereocenters. The number of amides is 2. The van der Waals surface area contributed by atoms with Crippen molar-refractivity contribution in [1.29, 1.82) is 0 Å². The molecule has 0 radical (unpaired) electrons. The van der Waals surface area contributed by atoms with E-state index in [1.807, 2.05) is 6.92 Å². The van der Waals surface area contributed by atoms with Crippen molar-refractivity contribution in [1.82, 2.24) is 15.8 Å². The average Bonchev–Trinajstić information content (AvgIpc) is 2.34. The molecule has 5 nitrogen and oxygen atoms in total. The van der Waals surface area contributed by atoms with Crippen molar-refractivity contribution >= 4 is 23.4 Å². The number of rotatable bonds is 4. The number of hydrogen-bond donors (Lipinski definition) is 2. The Bertz CT molecular complexity index is 502. The third-order valence-corrected chi connectivity index (χ3v) is 2.56. The smallest absolute Gasteiger partial charge is 0.273 e. The minimum atomic E-state index is -0.515. The number of aromatic nitrogens is 1. The third-order valence-electron chi connectivity index (χ3n) is 2.35. The standard InChI is InChI=1S/C13H16ClN3O2/c1-8(2)7-9(3)12(18)16-17-13(19)10-5-4-6-11(14)15-10/h4-6,9H,1,7H2,2-3H3,(H,16,18)(H,17,19). The molecule has 6 heteroatoms. The van der Waals surface area contributed by atoms with Crippen LogP contribution in [0.2, 0.25) is 5.15 Å². The van der Waals surface area contributed by atoms with Crippen LogP contribution in [0.25, 0.3) is 0 Å². The molecule has 1 atom stereocenters. The normalized spacial score (nSPS) is 11.5. The largest absolute Gasteiger partial charge is 0.288 e. The average molecular weight is 282 g/mol. The highest BCUT2D eigenvalue weighted by Gasteiger charge is 2.14. The number of allylic oxidation sites excluding steroid dienone is 1. The fourth-order valence-electron chi connectivity index (χ4n) is 1.46. The lowest BCUT2D eigenvalue weighted by molar-refractivity contribution is -0.125. The van der Waals surface area contributed by atoms with Gasteiger partial charge in [-0.1, -0.05) is 30.2 Å². The van der Waals surface area contributed by atoms with E-state index in [-0.39, 0.29) is 22.7 Å². The van der Waals surface area contributed by atoms with Crippen molar-refractivity contribution in [2.75, 3.05) is 0 Å². The zero-order valence-corrected chi connectivity index (χ0v) is 11.6. The molecule has 0 saturated carbocycles. The number of carbonyl (C=O) groups excluding carboxylic acids is 2. The molecule has 2 N–H and O–H groups in total. The van der Waals surface area contributed by atoms with Crippen LogP contribution in [0, 0.1) is 5.92 Å². The summed E-state index contributed by atoms with van der Waals surface area (Å²) in [7, 11) is 0. The lowest BCUT2D eigenvalue weighted by atomic mass is 10.0. The zero-order valence-electron chi connectivity index (χ0n) is 10.9. The Morgan fingerprint density at radius 2 is 2.11 bits per heavy atom. The van der Waals surface area contributed by atoms with E-state index in [1.54, 1.807) is 19.1 Å². The molecule has 1 aromatic rings. The lowest BCUT2D eigenvalue weighted by Crippen LogP contribution is -2.44. The van der Waals surface area contributed by atoms with Gasteiger partial charge in [-0.3, -0.25) is 20.4 Å². The fourth-order valence-corrected chi connectivity index (χ4v) is 1.62. The molecule has 0 aliphatic heterocycles. The second-order valence-electron chi connectivity index (χ2n) is 4.35. The van der Waals surface area contributed by atoms with E-state index < -0.39 is 5.91 Å². The summed E-state index contributed by atoms with van der Waals surface area (Å²) in [6.45, 7) is 7.34. The Labute approximate surface area is 117 Å². The van der Waals surface area contributed by atoms with Crippen LogP contribution >= 0.6 is 11.6 Å². The summed E-state index contributed by atoms with van der Waals surface area (Å²) in [5.41, 5.74) is 5.68. The van der Waals surface area contributed by atoms with Crippen LogP contribution in [0.4, 0.5) is 0 Å². The maximum Gasteiger partial charge on any atom is 0.288 e. The van der Waals surface area contributed by atoms with Crippen LogP contribution in [0.3, 0.4) is 0 Å². The third kappa shape index (κ3) is 5.09. The first kappa shape index (κ1) is 15.2. The Morgan fingerprint density at radius 3 is 2.68 bits per heavy atom. The Hall–Kier alpha value is -1.88. The van der Waals surface area contributed by atoms with Crippen molar-refractivity contribution in [2.24, 2.45) is 5.92 Å². The van der Waals surface area contributed by atoms with E-state index in [9.17, 15) is 9.59 Å². The van der Waals surface area contributed by atoms with Crippen LogP contribution in [0.1, 0.15) is 30.8 Å². The minimum Gasteiger partial charge on any atom is -0.273 e. The molecule has 0 spiro atoms. The quantitative estimate of drug-likeness (QED) is 0.504. The maximum atomic E-state index is 11.7. The van der Waals surface area contributed by atoms with Gasteiger partial charge in [-0.15, -0.1) is 6.58 Å². The summed E-state index contributed by atoms with van der Waals surface area (Å²) >= 11 is 5.67. The van der Waals surface area contributed by atoms with Gasteiger partial charge in [0.25, 0.3) is 5.91 Å². The van der Waals surface area contributed by atoms with Gasteiger partial charge in [0, 0.05) is 5.92 Å². The first-order valence-corrected chi connectivity index (χ1v) is 6.15. The highest BCUT2D eigenvalue weighted by atomic mass is 35.5.